The Morgan fingerprint density at radius 1 is 0.892 bits per heavy atom. The number of amides is 3. The van der Waals surface area contributed by atoms with Gasteiger partial charge in [0.25, 0.3) is 0 Å². The highest BCUT2D eigenvalue weighted by Gasteiger charge is 2.27. The first-order valence-corrected chi connectivity index (χ1v) is 14.8. The maximum atomic E-state index is 13.5. The molecule has 0 aromatic heterocycles. The van der Waals surface area contributed by atoms with E-state index in [2.05, 4.69) is 16.7 Å². The second-order valence-corrected chi connectivity index (χ2v) is 11.6. The molecule has 7 nitrogen and oxygen atoms in total. The molecule has 37 heavy (non-hydrogen) atoms. The van der Waals surface area contributed by atoms with E-state index in [0.29, 0.717) is 5.69 Å². The molecule has 0 spiro atoms. The maximum Gasteiger partial charge on any atom is 0.240 e. The fourth-order valence-electron chi connectivity index (χ4n) is 5.23. The van der Waals surface area contributed by atoms with Gasteiger partial charge in [0.1, 0.15) is 18.1 Å². The predicted molar refractivity (Wildman–Crippen MR) is 148 cm³/mol. The van der Waals surface area contributed by atoms with Crippen molar-refractivity contribution in [3.8, 4) is 0 Å². The topological polar surface area (TPSA) is 95.6 Å². The Balaban J connectivity index is 1.44. The molecule has 4 rings (SSSR count). The first kappa shape index (κ1) is 27.0. The fourth-order valence-corrected chi connectivity index (χ4v) is 6.13. The minimum absolute atomic E-state index is 0.113. The molecule has 0 bridgehead atoms. The van der Waals surface area contributed by atoms with E-state index in [-0.39, 0.29) is 30.0 Å². The predicted octanol–water partition coefficient (Wildman–Crippen LogP) is 4.04. The average molecular weight is 524 g/mol. The molecule has 0 aliphatic heterocycles. The number of carbonyl (C=O) groups excluding carboxylic acids is 3. The standard InChI is InChI=1S/C29H37N3O4S/c1-21-14-16-24(17-15-21)31-28(34)19-37(36)20-29(35)32(18-27(33)30-23-10-3-2-4-11-23)26-13-7-9-22-8-5-6-12-25(22)26/h7,9,13-17,23H,2-6,8,10-12,18-20H2,1H3,(H,30,33)(H,31,34)/t37-/m1/s1. The van der Waals surface area contributed by atoms with E-state index in [1.807, 2.05) is 31.2 Å². The van der Waals surface area contributed by atoms with Crippen molar-refractivity contribution in [1.29, 1.82) is 0 Å². The van der Waals surface area contributed by atoms with Gasteiger partial charge in [-0.25, -0.2) is 0 Å². The fraction of sp³-hybridized carbons (Fsp3) is 0.483. The van der Waals surface area contributed by atoms with Crippen LogP contribution in [0.3, 0.4) is 0 Å². The van der Waals surface area contributed by atoms with Crippen LogP contribution in [-0.2, 0) is 38.0 Å². The SMILES string of the molecule is Cc1ccc(NC(=O)C[S@@](=O)CC(=O)N(CC(=O)NC2CCCCC2)c2cccc3c2CCCC3)cc1. The zero-order valence-electron chi connectivity index (χ0n) is 21.6. The molecule has 3 amide bonds. The lowest BCUT2D eigenvalue weighted by Gasteiger charge is -2.29. The van der Waals surface area contributed by atoms with Crippen molar-refractivity contribution in [3.63, 3.8) is 0 Å². The molecule has 2 N–H and O–H groups in total. The van der Waals surface area contributed by atoms with E-state index in [1.165, 1.54) is 16.9 Å². The van der Waals surface area contributed by atoms with Gasteiger partial charge in [-0.3, -0.25) is 18.6 Å². The largest absolute Gasteiger partial charge is 0.352 e. The Morgan fingerprint density at radius 2 is 1.62 bits per heavy atom. The van der Waals surface area contributed by atoms with Gasteiger partial charge in [0.2, 0.25) is 17.7 Å². The number of aryl methyl sites for hydroxylation is 2. The van der Waals surface area contributed by atoms with Crippen molar-refractivity contribution in [2.24, 2.45) is 0 Å². The van der Waals surface area contributed by atoms with Crippen molar-refractivity contribution in [2.75, 3.05) is 28.3 Å². The van der Waals surface area contributed by atoms with E-state index in [1.54, 1.807) is 12.1 Å². The number of anilines is 2. The summed E-state index contributed by atoms with van der Waals surface area (Å²) in [6.07, 6.45) is 9.24. The lowest BCUT2D eigenvalue weighted by molar-refractivity contribution is -0.123. The van der Waals surface area contributed by atoms with Crippen LogP contribution in [0.1, 0.15) is 61.6 Å². The summed E-state index contributed by atoms with van der Waals surface area (Å²) in [5, 5.41) is 5.83. The van der Waals surface area contributed by atoms with Crippen molar-refractivity contribution in [1.82, 2.24) is 5.32 Å². The average Bonchev–Trinajstić information content (AvgIpc) is 2.88. The monoisotopic (exact) mass is 523 g/mol. The molecule has 1 saturated carbocycles. The van der Waals surface area contributed by atoms with Gasteiger partial charge in [-0.05, 0) is 74.8 Å². The number of carbonyl (C=O) groups is 3. The van der Waals surface area contributed by atoms with Gasteiger partial charge < -0.3 is 15.5 Å². The quantitative estimate of drug-likeness (QED) is 0.519. The minimum atomic E-state index is -1.71. The number of nitrogens with one attached hydrogen (secondary N) is 2. The lowest BCUT2D eigenvalue weighted by atomic mass is 9.90. The van der Waals surface area contributed by atoms with Gasteiger partial charge in [0.05, 0.1) is 0 Å². The van der Waals surface area contributed by atoms with Gasteiger partial charge >= 0.3 is 0 Å². The van der Waals surface area contributed by atoms with Gasteiger partial charge in [-0.2, -0.15) is 0 Å². The van der Waals surface area contributed by atoms with Crippen molar-refractivity contribution >= 4 is 39.9 Å². The second kappa shape index (κ2) is 13.0. The number of hydrogen-bond donors (Lipinski definition) is 2. The first-order chi connectivity index (χ1) is 17.9. The van der Waals surface area contributed by atoms with Gasteiger partial charge in [-0.15, -0.1) is 0 Å². The maximum absolute atomic E-state index is 13.5. The van der Waals surface area contributed by atoms with Crippen LogP contribution in [0, 0.1) is 6.92 Å². The molecule has 0 saturated heterocycles. The van der Waals surface area contributed by atoms with E-state index in [4.69, 9.17) is 0 Å². The molecule has 1 fully saturated rings. The van der Waals surface area contributed by atoms with E-state index in [0.717, 1.165) is 68.2 Å². The smallest absolute Gasteiger partial charge is 0.240 e. The van der Waals surface area contributed by atoms with Crippen LogP contribution in [0.5, 0.6) is 0 Å². The summed E-state index contributed by atoms with van der Waals surface area (Å²) in [5.74, 6) is -1.61. The summed E-state index contributed by atoms with van der Waals surface area (Å²) in [6, 6.07) is 13.4. The summed E-state index contributed by atoms with van der Waals surface area (Å²) in [7, 11) is -1.71. The van der Waals surface area contributed by atoms with Crippen LogP contribution in [0.15, 0.2) is 42.5 Å². The number of rotatable bonds is 9. The van der Waals surface area contributed by atoms with Crippen LogP contribution in [0.2, 0.25) is 0 Å². The molecule has 1 atom stereocenters. The summed E-state index contributed by atoms with van der Waals surface area (Å²) < 4.78 is 12.8. The third-order valence-corrected chi connectivity index (χ3v) is 8.30. The zero-order valence-corrected chi connectivity index (χ0v) is 22.4. The van der Waals surface area contributed by atoms with Crippen LogP contribution in [0.4, 0.5) is 11.4 Å². The summed E-state index contributed by atoms with van der Waals surface area (Å²) in [4.78, 5) is 40.4. The number of fused-ring (bicyclic) bond motifs is 1. The van der Waals surface area contributed by atoms with Crippen molar-refractivity contribution < 1.29 is 18.6 Å². The third-order valence-electron chi connectivity index (χ3n) is 7.15. The van der Waals surface area contributed by atoms with Crippen LogP contribution in [-0.4, -0.2) is 46.0 Å². The normalized spacial score (nSPS) is 16.4. The molecule has 2 aromatic rings. The summed E-state index contributed by atoms with van der Waals surface area (Å²) in [5.41, 5.74) is 4.71. The Kier molecular flexibility index (Phi) is 9.50. The highest BCUT2D eigenvalue weighted by molar-refractivity contribution is 7.86. The highest BCUT2D eigenvalue weighted by Crippen LogP contribution is 2.31. The Labute approximate surface area is 221 Å². The zero-order chi connectivity index (χ0) is 26.2. The molecule has 0 radical (unpaired) electrons. The lowest BCUT2D eigenvalue weighted by Crippen LogP contribution is -2.46. The molecule has 0 heterocycles. The molecule has 2 aliphatic rings. The molecule has 2 aromatic carbocycles. The van der Waals surface area contributed by atoms with Crippen molar-refractivity contribution in [2.45, 2.75) is 70.8 Å². The highest BCUT2D eigenvalue weighted by atomic mass is 32.2. The molecular weight excluding hydrogens is 486 g/mol. The summed E-state index contributed by atoms with van der Waals surface area (Å²) in [6.45, 7) is 1.84. The van der Waals surface area contributed by atoms with E-state index < -0.39 is 22.6 Å². The van der Waals surface area contributed by atoms with Crippen LogP contribution < -0.4 is 15.5 Å². The van der Waals surface area contributed by atoms with E-state index in [9.17, 15) is 18.6 Å². The molecule has 198 valence electrons. The number of nitrogens with zero attached hydrogens (tertiary/aromatic N) is 1. The molecular formula is C29H37N3O4S. The first-order valence-electron chi connectivity index (χ1n) is 13.3. The molecule has 0 unspecified atom stereocenters. The Morgan fingerprint density at radius 3 is 2.38 bits per heavy atom. The minimum Gasteiger partial charge on any atom is -0.352 e. The van der Waals surface area contributed by atoms with Gasteiger partial charge in [-0.1, -0.05) is 49.1 Å². The van der Waals surface area contributed by atoms with Gasteiger partial charge in [0.15, 0.2) is 0 Å². The molecule has 2 aliphatic carbocycles. The van der Waals surface area contributed by atoms with Crippen LogP contribution in [0.25, 0.3) is 0 Å². The number of benzene rings is 2. The Bertz CT molecular complexity index is 1140. The summed E-state index contributed by atoms with van der Waals surface area (Å²) >= 11 is 0. The van der Waals surface area contributed by atoms with Gasteiger partial charge in [0, 0.05) is 28.2 Å². The second-order valence-electron chi connectivity index (χ2n) is 10.1. The Hall–Kier alpha value is -3.00. The molecule has 8 heteroatoms. The third kappa shape index (κ3) is 7.74. The number of hydrogen-bond acceptors (Lipinski definition) is 4. The van der Waals surface area contributed by atoms with E-state index >= 15 is 0 Å². The van der Waals surface area contributed by atoms with Crippen molar-refractivity contribution in [3.05, 3.63) is 59.2 Å². The van der Waals surface area contributed by atoms with Crippen LogP contribution >= 0.6 is 0 Å².